The van der Waals surface area contributed by atoms with Crippen molar-refractivity contribution in [1.82, 2.24) is 9.21 Å². The monoisotopic (exact) mass is 544 g/mol. The number of nitrogens with one attached hydrogen (secondary N) is 1. The molecule has 1 atom stereocenters. The second kappa shape index (κ2) is 11.0. The highest BCUT2D eigenvalue weighted by atomic mass is 32.2. The van der Waals surface area contributed by atoms with E-state index in [1.807, 2.05) is 0 Å². The number of hydrogen-bond donors (Lipinski definition) is 1. The Morgan fingerprint density at radius 3 is 2.59 bits per heavy atom. The SMILES string of the molecule is CCOC(=O)C1CCCN(S(=O)(=O)c2ccc(C(=O)Nc3sc4c(c3C#N)CCN(C(C)=O)C4)cc2)C1. The molecule has 2 aliphatic rings. The van der Waals surface area contributed by atoms with Gasteiger partial charge in [0.05, 0.1) is 29.5 Å². The summed E-state index contributed by atoms with van der Waals surface area (Å²) < 4.78 is 32.7. The van der Waals surface area contributed by atoms with Gasteiger partial charge in [-0.1, -0.05) is 0 Å². The number of fused-ring (bicyclic) bond motifs is 1. The molecule has 12 heteroatoms. The predicted molar refractivity (Wildman–Crippen MR) is 136 cm³/mol. The number of nitrogens with zero attached hydrogens (tertiary/aromatic N) is 3. The first-order chi connectivity index (χ1) is 17.6. The number of esters is 1. The van der Waals surface area contributed by atoms with Crippen molar-refractivity contribution in [2.24, 2.45) is 5.92 Å². The molecule has 0 saturated carbocycles. The van der Waals surface area contributed by atoms with Crippen LogP contribution in [-0.2, 0) is 37.3 Å². The van der Waals surface area contributed by atoms with Gasteiger partial charge < -0.3 is 15.0 Å². The summed E-state index contributed by atoms with van der Waals surface area (Å²) in [7, 11) is -3.85. The van der Waals surface area contributed by atoms with Gasteiger partial charge in [0.15, 0.2) is 0 Å². The van der Waals surface area contributed by atoms with Crippen molar-refractivity contribution >= 4 is 44.1 Å². The number of carbonyl (C=O) groups is 3. The summed E-state index contributed by atoms with van der Waals surface area (Å²) in [5.41, 5.74) is 1.49. The van der Waals surface area contributed by atoms with Crippen molar-refractivity contribution in [2.45, 2.75) is 44.6 Å². The second-order valence-corrected chi connectivity index (χ2v) is 12.0. The average molecular weight is 545 g/mol. The van der Waals surface area contributed by atoms with Gasteiger partial charge in [0.2, 0.25) is 15.9 Å². The largest absolute Gasteiger partial charge is 0.466 e. The van der Waals surface area contributed by atoms with Crippen molar-refractivity contribution in [2.75, 3.05) is 31.6 Å². The Kier molecular flexibility index (Phi) is 7.96. The van der Waals surface area contributed by atoms with Gasteiger partial charge in [-0.3, -0.25) is 14.4 Å². The van der Waals surface area contributed by atoms with Crippen LogP contribution in [0.4, 0.5) is 5.00 Å². The molecule has 0 bridgehead atoms. The van der Waals surface area contributed by atoms with Crippen molar-refractivity contribution in [1.29, 1.82) is 5.26 Å². The Hall–Kier alpha value is -3.27. The number of benzene rings is 1. The molecule has 1 aromatic heterocycles. The maximum Gasteiger partial charge on any atom is 0.310 e. The summed E-state index contributed by atoms with van der Waals surface area (Å²) in [5, 5.41) is 12.9. The molecule has 0 spiro atoms. The fraction of sp³-hybridized carbons (Fsp3) is 0.440. The Balaban J connectivity index is 1.48. The summed E-state index contributed by atoms with van der Waals surface area (Å²) in [6, 6.07) is 7.75. The number of piperidine rings is 1. The zero-order valence-corrected chi connectivity index (χ0v) is 22.3. The molecule has 1 N–H and O–H groups in total. The van der Waals surface area contributed by atoms with E-state index in [1.54, 1.807) is 11.8 Å². The van der Waals surface area contributed by atoms with E-state index >= 15 is 0 Å². The van der Waals surface area contributed by atoms with Crippen LogP contribution in [0.15, 0.2) is 29.2 Å². The fourth-order valence-electron chi connectivity index (χ4n) is 4.59. The van der Waals surface area contributed by atoms with Gasteiger partial charge in [0.25, 0.3) is 5.91 Å². The summed E-state index contributed by atoms with van der Waals surface area (Å²) in [6.07, 6.45) is 1.68. The molecule has 0 aliphatic carbocycles. The molecule has 1 saturated heterocycles. The quantitative estimate of drug-likeness (QED) is 0.552. The molecule has 2 aliphatic heterocycles. The molecular weight excluding hydrogens is 516 g/mol. The lowest BCUT2D eigenvalue weighted by atomic mass is 10.0. The predicted octanol–water partition coefficient (Wildman–Crippen LogP) is 2.74. The molecule has 3 heterocycles. The number of thiophene rings is 1. The number of nitriles is 1. The third-order valence-corrected chi connectivity index (χ3v) is 9.61. The van der Waals surface area contributed by atoms with Gasteiger partial charge in [0, 0.05) is 37.0 Å². The number of anilines is 1. The summed E-state index contributed by atoms with van der Waals surface area (Å²) in [5.74, 6) is -1.40. The number of sulfonamides is 1. The highest BCUT2D eigenvalue weighted by Crippen LogP contribution is 2.37. The van der Waals surface area contributed by atoms with Crippen molar-refractivity contribution < 1.29 is 27.5 Å². The van der Waals surface area contributed by atoms with Crippen LogP contribution in [0.5, 0.6) is 0 Å². The van der Waals surface area contributed by atoms with E-state index in [0.29, 0.717) is 49.5 Å². The van der Waals surface area contributed by atoms with E-state index in [1.165, 1.54) is 46.8 Å². The third kappa shape index (κ3) is 5.53. The van der Waals surface area contributed by atoms with Crippen LogP contribution in [0, 0.1) is 17.2 Å². The third-order valence-electron chi connectivity index (χ3n) is 6.60. The van der Waals surface area contributed by atoms with Crippen molar-refractivity contribution in [3.63, 3.8) is 0 Å². The van der Waals surface area contributed by atoms with E-state index in [9.17, 15) is 28.1 Å². The number of ether oxygens (including phenoxy) is 1. The van der Waals surface area contributed by atoms with Crippen LogP contribution in [-0.4, -0.2) is 61.6 Å². The zero-order valence-electron chi connectivity index (χ0n) is 20.7. The van der Waals surface area contributed by atoms with Crippen LogP contribution in [0.3, 0.4) is 0 Å². The lowest BCUT2D eigenvalue weighted by Crippen LogP contribution is -2.42. The first kappa shape index (κ1) is 26.8. The second-order valence-electron chi connectivity index (χ2n) is 8.94. The van der Waals surface area contributed by atoms with Crippen molar-refractivity contribution in [3.8, 4) is 6.07 Å². The van der Waals surface area contributed by atoms with E-state index < -0.39 is 27.8 Å². The van der Waals surface area contributed by atoms with E-state index in [0.717, 1.165) is 10.4 Å². The Labute approximate surface area is 219 Å². The first-order valence-electron chi connectivity index (χ1n) is 12.0. The first-order valence-corrected chi connectivity index (χ1v) is 14.3. The molecule has 37 heavy (non-hydrogen) atoms. The van der Waals surface area contributed by atoms with Gasteiger partial charge in [-0.05, 0) is 56.0 Å². The fourth-order valence-corrected chi connectivity index (χ4v) is 7.33. The molecule has 2 amide bonds. The van der Waals surface area contributed by atoms with Gasteiger partial charge in [-0.15, -0.1) is 11.3 Å². The van der Waals surface area contributed by atoms with Gasteiger partial charge in [-0.25, -0.2) is 8.42 Å². The Morgan fingerprint density at radius 1 is 1.22 bits per heavy atom. The summed E-state index contributed by atoms with van der Waals surface area (Å²) >= 11 is 1.27. The highest BCUT2D eigenvalue weighted by molar-refractivity contribution is 7.89. The highest BCUT2D eigenvalue weighted by Gasteiger charge is 2.34. The smallest absolute Gasteiger partial charge is 0.310 e. The lowest BCUT2D eigenvalue weighted by molar-refractivity contribution is -0.149. The van der Waals surface area contributed by atoms with Crippen molar-refractivity contribution in [3.05, 3.63) is 45.8 Å². The summed E-state index contributed by atoms with van der Waals surface area (Å²) in [4.78, 5) is 39.4. The molecular formula is C25H28N4O6S2. The van der Waals surface area contributed by atoms with Crippen LogP contribution in [0.2, 0.25) is 0 Å². The number of rotatable bonds is 6. The van der Waals surface area contributed by atoms with E-state index in [4.69, 9.17) is 4.74 Å². The minimum absolute atomic E-state index is 0.0298. The number of amides is 2. The molecule has 1 fully saturated rings. The van der Waals surface area contributed by atoms with E-state index in [-0.39, 0.29) is 29.5 Å². The maximum atomic E-state index is 13.2. The zero-order chi connectivity index (χ0) is 26.7. The molecule has 1 unspecified atom stereocenters. The molecule has 10 nitrogen and oxygen atoms in total. The lowest BCUT2D eigenvalue weighted by Gasteiger charge is -2.30. The van der Waals surface area contributed by atoms with Gasteiger partial charge >= 0.3 is 5.97 Å². The van der Waals surface area contributed by atoms with Crippen LogP contribution >= 0.6 is 11.3 Å². The molecule has 1 aromatic carbocycles. The summed E-state index contributed by atoms with van der Waals surface area (Å²) in [6.45, 7) is 4.75. The molecule has 196 valence electrons. The molecule has 2 aromatic rings. The topological polar surface area (TPSA) is 137 Å². The normalized spacial score (nSPS) is 18.0. The van der Waals surface area contributed by atoms with Crippen LogP contribution in [0.25, 0.3) is 0 Å². The van der Waals surface area contributed by atoms with Crippen LogP contribution in [0.1, 0.15) is 53.1 Å². The van der Waals surface area contributed by atoms with Crippen LogP contribution < -0.4 is 5.32 Å². The average Bonchev–Trinajstić information content (AvgIpc) is 3.24. The standard InChI is InChI=1S/C25H28N4O6S2/c1-3-35-25(32)18-5-4-11-29(14-18)37(33,34)19-8-6-17(7-9-19)23(31)27-24-21(13-26)20-10-12-28(16(2)30)15-22(20)36-24/h6-9,18H,3-5,10-12,14-15H2,1-2H3,(H,27,31). The van der Waals surface area contributed by atoms with Gasteiger partial charge in [-0.2, -0.15) is 9.57 Å². The number of carbonyl (C=O) groups excluding carboxylic acids is 3. The maximum absolute atomic E-state index is 13.2. The molecule has 4 rings (SSSR count). The number of hydrogen-bond acceptors (Lipinski definition) is 8. The van der Waals surface area contributed by atoms with E-state index in [2.05, 4.69) is 11.4 Å². The molecule has 0 radical (unpaired) electrons. The Bertz CT molecular complexity index is 1360. The Morgan fingerprint density at radius 2 is 1.95 bits per heavy atom. The minimum atomic E-state index is -3.85. The minimum Gasteiger partial charge on any atom is -0.466 e. The van der Waals surface area contributed by atoms with Gasteiger partial charge in [0.1, 0.15) is 11.1 Å².